The number of rotatable bonds is 4. The molecule has 1 N–H and O–H groups in total. The first-order valence-electron chi connectivity index (χ1n) is 7.59. The molecule has 1 heterocycles. The first-order valence-corrected chi connectivity index (χ1v) is 8.46. The van der Waals surface area contributed by atoms with Crippen LogP contribution in [0.1, 0.15) is 16.8 Å². The molecule has 0 spiro atoms. The molecule has 0 aliphatic rings. The number of hydrogen-bond acceptors (Lipinski definition) is 3. The molecule has 0 aliphatic carbocycles. The van der Waals surface area contributed by atoms with Crippen LogP contribution < -0.4 is 5.32 Å². The van der Waals surface area contributed by atoms with E-state index in [0.717, 1.165) is 21.7 Å². The summed E-state index contributed by atoms with van der Waals surface area (Å²) in [5, 5.41) is 5.35. The van der Waals surface area contributed by atoms with Gasteiger partial charge < -0.3 is 5.32 Å². The highest BCUT2D eigenvalue weighted by atomic mass is 32.1. The van der Waals surface area contributed by atoms with Crippen molar-refractivity contribution in [2.45, 2.75) is 20.3 Å². The molecule has 3 nitrogen and oxygen atoms in total. The second-order valence-electron chi connectivity index (χ2n) is 5.72. The molecular formula is C19H17FN2OS. The van der Waals surface area contributed by atoms with Crippen molar-refractivity contribution in [1.82, 2.24) is 4.98 Å². The quantitative estimate of drug-likeness (QED) is 0.745. The molecule has 1 aromatic heterocycles. The SMILES string of the molecule is Cc1cccc(-c2nc(CC(=O)Nc3cc(C)ccc3F)cs2)c1. The van der Waals surface area contributed by atoms with Gasteiger partial charge in [-0.2, -0.15) is 0 Å². The number of nitrogens with one attached hydrogen (secondary N) is 1. The van der Waals surface area contributed by atoms with Gasteiger partial charge in [0, 0.05) is 10.9 Å². The summed E-state index contributed by atoms with van der Waals surface area (Å²) < 4.78 is 13.7. The molecule has 0 unspecified atom stereocenters. The molecule has 122 valence electrons. The van der Waals surface area contributed by atoms with Crippen LogP contribution in [-0.4, -0.2) is 10.9 Å². The van der Waals surface area contributed by atoms with Crippen molar-refractivity contribution in [1.29, 1.82) is 0 Å². The van der Waals surface area contributed by atoms with Crippen molar-refractivity contribution in [3.05, 3.63) is 70.5 Å². The van der Waals surface area contributed by atoms with Crippen LogP contribution in [0.15, 0.2) is 47.8 Å². The van der Waals surface area contributed by atoms with Crippen molar-refractivity contribution in [3.8, 4) is 10.6 Å². The van der Waals surface area contributed by atoms with E-state index < -0.39 is 5.82 Å². The number of carbonyl (C=O) groups is 1. The van der Waals surface area contributed by atoms with E-state index in [0.29, 0.717) is 5.69 Å². The second-order valence-corrected chi connectivity index (χ2v) is 6.58. The lowest BCUT2D eigenvalue weighted by Crippen LogP contribution is -2.15. The predicted octanol–water partition coefficient (Wildman–Crippen LogP) is 4.75. The number of carbonyl (C=O) groups excluding carboxylic acids is 1. The Bertz CT molecular complexity index is 889. The minimum atomic E-state index is -0.437. The van der Waals surface area contributed by atoms with E-state index in [2.05, 4.69) is 16.4 Å². The molecule has 0 bridgehead atoms. The molecule has 3 aromatic rings. The van der Waals surface area contributed by atoms with Gasteiger partial charge in [-0.15, -0.1) is 11.3 Å². The standard InChI is InChI=1S/C19H17FN2OS/c1-12-4-3-5-14(8-12)19-21-15(11-24-19)10-18(23)22-17-9-13(2)6-7-16(17)20/h3-9,11H,10H2,1-2H3,(H,22,23). The van der Waals surface area contributed by atoms with Crippen LogP contribution in [0.25, 0.3) is 10.6 Å². The van der Waals surface area contributed by atoms with Gasteiger partial charge in [-0.3, -0.25) is 4.79 Å². The number of anilines is 1. The number of aromatic nitrogens is 1. The second kappa shape index (κ2) is 6.93. The fourth-order valence-electron chi connectivity index (χ4n) is 2.39. The zero-order chi connectivity index (χ0) is 17.1. The summed E-state index contributed by atoms with van der Waals surface area (Å²) in [6, 6.07) is 12.7. The van der Waals surface area contributed by atoms with Crippen LogP contribution in [0, 0.1) is 19.7 Å². The smallest absolute Gasteiger partial charge is 0.230 e. The summed E-state index contributed by atoms with van der Waals surface area (Å²) in [6.45, 7) is 3.88. The largest absolute Gasteiger partial charge is 0.323 e. The third kappa shape index (κ3) is 3.86. The minimum Gasteiger partial charge on any atom is -0.323 e. The van der Waals surface area contributed by atoms with Gasteiger partial charge in [0.1, 0.15) is 10.8 Å². The molecule has 1 amide bonds. The molecule has 5 heteroatoms. The summed E-state index contributed by atoms with van der Waals surface area (Å²) in [7, 11) is 0. The van der Waals surface area contributed by atoms with Crippen LogP contribution in [0.4, 0.5) is 10.1 Å². The maximum absolute atomic E-state index is 13.7. The zero-order valence-electron chi connectivity index (χ0n) is 13.5. The number of benzene rings is 2. The Labute approximate surface area is 144 Å². The first kappa shape index (κ1) is 16.3. The normalized spacial score (nSPS) is 10.6. The monoisotopic (exact) mass is 340 g/mol. The third-order valence-corrected chi connectivity index (χ3v) is 4.49. The maximum Gasteiger partial charge on any atom is 0.230 e. The third-order valence-electron chi connectivity index (χ3n) is 3.55. The molecule has 24 heavy (non-hydrogen) atoms. The van der Waals surface area contributed by atoms with Gasteiger partial charge in [0.25, 0.3) is 0 Å². The Hall–Kier alpha value is -2.53. The van der Waals surface area contributed by atoms with Crippen molar-refractivity contribution in [2.24, 2.45) is 0 Å². The summed E-state index contributed by atoms with van der Waals surface area (Å²) in [5.74, 6) is -0.715. The number of nitrogens with zero attached hydrogens (tertiary/aromatic N) is 1. The van der Waals surface area contributed by atoms with Gasteiger partial charge in [-0.05, 0) is 37.6 Å². The highest BCUT2D eigenvalue weighted by Crippen LogP contribution is 2.25. The van der Waals surface area contributed by atoms with E-state index >= 15 is 0 Å². The number of hydrogen-bond donors (Lipinski definition) is 1. The molecule has 0 fully saturated rings. The molecular weight excluding hydrogens is 323 g/mol. The number of aryl methyl sites for hydroxylation is 2. The van der Waals surface area contributed by atoms with E-state index in [1.165, 1.54) is 17.4 Å². The lowest BCUT2D eigenvalue weighted by atomic mass is 10.1. The van der Waals surface area contributed by atoms with E-state index in [-0.39, 0.29) is 18.0 Å². The number of amides is 1. The Morgan fingerprint density at radius 2 is 1.96 bits per heavy atom. The fourth-order valence-corrected chi connectivity index (χ4v) is 3.21. The van der Waals surface area contributed by atoms with E-state index in [1.807, 2.05) is 37.4 Å². The van der Waals surface area contributed by atoms with Crippen LogP contribution >= 0.6 is 11.3 Å². The molecule has 0 saturated carbocycles. The van der Waals surface area contributed by atoms with Crippen LogP contribution in [0.2, 0.25) is 0 Å². The highest BCUT2D eigenvalue weighted by Gasteiger charge is 2.11. The Morgan fingerprint density at radius 3 is 2.75 bits per heavy atom. The summed E-state index contributed by atoms with van der Waals surface area (Å²) in [4.78, 5) is 16.6. The lowest BCUT2D eigenvalue weighted by Gasteiger charge is -2.06. The average molecular weight is 340 g/mol. The Balaban J connectivity index is 1.70. The van der Waals surface area contributed by atoms with Crippen molar-refractivity contribution >= 4 is 22.9 Å². The predicted molar refractivity (Wildman–Crippen MR) is 95.8 cm³/mol. The van der Waals surface area contributed by atoms with Gasteiger partial charge in [0.2, 0.25) is 5.91 Å². The van der Waals surface area contributed by atoms with Gasteiger partial charge in [-0.1, -0.05) is 29.8 Å². The van der Waals surface area contributed by atoms with Crippen molar-refractivity contribution in [3.63, 3.8) is 0 Å². The average Bonchev–Trinajstić information content (AvgIpc) is 2.99. The molecule has 0 atom stereocenters. The maximum atomic E-state index is 13.7. The van der Waals surface area contributed by atoms with Crippen molar-refractivity contribution in [2.75, 3.05) is 5.32 Å². The zero-order valence-corrected chi connectivity index (χ0v) is 14.3. The number of thiazole rings is 1. The van der Waals surface area contributed by atoms with Gasteiger partial charge >= 0.3 is 0 Å². The first-order chi connectivity index (χ1) is 11.5. The molecule has 0 radical (unpaired) electrons. The topological polar surface area (TPSA) is 42.0 Å². The van der Waals surface area contributed by atoms with Gasteiger partial charge in [-0.25, -0.2) is 9.37 Å². The fraction of sp³-hybridized carbons (Fsp3) is 0.158. The molecule has 0 aliphatic heterocycles. The van der Waals surface area contributed by atoms with E-state index in [9.17, 15) is 9.18 Å². The molecule has 0 saturated heterocycles. The summed E-state index contributed by atoms with van der Waals surface area (Å²) in [6.07, 6.45) is 0.121. The Morgan fingerprint density at radius 1 is 1.17 bits per heavy atom. The van der Waals surface area contributed by atoms with E-state index in [1.54, 1.807) is 12.1 Å². The van der Waals surface area contributed by atoms with Crippen molar-refractivity contribution < 1.29 is 9.18 Å². The van der Waals surface area contributed by atoms with Crippen LogP contribution in [0.5, 0.6) is 0 Å². The van der Waals surface area contributed by atoms with Crippen LogP contribution in [-0.2, 0) is 11.2 Å². The summed E-state index contributed by atoms with van der Waals surface area (Å²) in [5.41, 5.74) is 3.98. The van der Waals surface area contributed by atoms with E-state index in [4.69, 9.17) is 0 Å². The molecule has 3 rings (SSSR count). The highest BCUT2D eigenvalue weighted by molar-refractivity contribution is 7.13. The Kier molecular flexibility index (Phi) is 4.71. The van der Waals surface area contributed by atoms with Gasteiger partial charge in [0.05, 0.1) is 17.8 Å². The van der Waals surface area contributed by atoms with Crippen LogP contribution in [0.3, 0.4) is 0 Å². The lowest BCUT2D eigenvalue weighted by molar-refractivity contribution is -0.115. The number of halogens is 1. The van der Waals surface area contributed by atoms with Gasteiger partial charge in [0.15, 0.2) is 0 Å². The summed E-state index contributed by atoms with van der Waals surface area (Å²) >= 11 is 1.50. The molecule has 2 aromatic carbocycles. The minimum absolute atomic E-state index is 0.121.